The van der Waals surface area contributed by atoms with Crippen LogP contribution in [-0.2, 0) is 16.0 Å². The molecule has 0 saturated heterocycles. The molecule has 1 atom stereocenters. The highest BCUT2D eigenvalue weighted by Crippen LogP contribution is 2.36. The molecular weight excluding hydrogens is 566 g/mol. The first-order valence-electron chi connectivity index (χ1n) is 13.9. The number of benzene rings is 4. The first kappa shape index (κ1) is 28.4. The standard InChI is InChI=1S/C33H29N3O8/c1-40-28-12-20(13-29-32(28)36-33(44-29)35-23-6-3-2-4-7-23)14-30(37)34-24-8-5-9-25(17-24)41-18-22(16-31(38)39)21-10-11-26-27(15-21)43-19-42-26/h2-13,15,17,22H,14,16,18-19H2,1H3,(H,34,37)(H,35,36)(H,38,39). The van der Waals surface area contributed by atoms with Crippen molar-refractivity contribution < 1.29 is 38.1 Å². The molecule has 2 heterocycles. The SMILES string of the molecule is COc1cc(CC(=O)Nc2cccc(OCC(CC(=O)O)c3ccc4c(c3)OCO4)c2)cc2oc(Nc3ccccc3)nc12. The van der Waals surface area contributed by atoms with Crippen LogP contribution in [0.15, 0.2) is 89.3 Å². The molecule has 1 unspecified atom stereocenters. The minimum absolute atomic E-state index is 0.0599. The van der Waals surface area contributed by atoms with Crippen LogP contribution >= 0.6 is 0 Å². The largest absolute Gasteiger partial charge is 0.494 e. The van der Waals surface area contributed by atoms with E-state index in [0.717, 1.165) is 11.3 Å². The summed E-state index contributed by atoms with van der Waals surface area (Å²) in [4.78, 5) is 29.1. The zero-order chi connectivity index (χ0) is 30.5. The summed E-state index contributed by atoms with van der Waals surface area (Å²) < 4.78 is 28.2. The summed E-state index contributed by atoms with van der Waals surface area (Å²) in [6.07, 6.45) is -0.0663. The maximum atomic E-state index is 13.0. The number of nitrogens with zero attached hydrogens (tertiary/aromatic N) is 1. The number of para-hydroxylation sites is 1. The van der Waals surface area contributed by atoms with Crippen LogP contribution in [0.5, 0.6) is 23.0 Å². The molecule has 0 spiro atoms. The predicted molar refractivity (Wildman–Crippen MR) is 162 cm³/mol. The Morgan fingerprint density at radius 2 is 1.77 bits per heavy atom. The van der Waals surface area contributed by atoms with Crippen molar-refractivity contribution >= 4 is 40.4 Å². The Hall–Kier alpha value is -5.71. The van der Waals surface area contributed by atoms with Crippen molar-refractivity contribution in [3.63, 3.8) is 0 Å². The van der Waals surface area contributed by atoms with Gasteiger partial charge in [-0.25, -0.2) is 0 Å². The highest BCUT2D eigenvalue weighted by molar-refractivity contribution is 5.93. The quantitative estimate of drug-likeness (QED) is 0.154. The Morgan fingerprint density at radius 1 is 0.955 bits per heavy atom. The number of anilines is 3. The monoisotopic (exact) mass is 595 g/mol. The highest BCUT2D eigenvalue weighted by Gasteiger charge is 2.21. The van der Waals surface area contributed by atoms with E-state index in [4.69, 9.17) is 23.4 Å². The molecule has 11 heteroatoms. The van der Waals surface area contributed by atoms with Crippen LogP contribution in [0.1, 0.15) is 23.5 Å². The number of carboxylic acid groups (broad SMARTS) is 1. The number of rotatable bonds is 12. The van der Waals surface area contributed by atoms with Crippen molar-refractivity contribution in [2.45, 2.75) is 18.8 Å². The van der Waals surface area contributed by atoms with E-state index in [2.05, 4.69) is 15.6 Å². The van der Waals surface area contributed by atoms with Crippen LogP contribution < -0.4 is 29.6 Å². The van der Waals surface area contributed by atoms with Crippen LogP contribution in [0.4, 0.5) is 17.4 Å². The molecule has 224 valence electrons. The number of aliphatic carboxylic acids is 1. The molecule has 1 amide bonds. The van der Waals surface area contributed by atoms with Crippen LogP contribution in [0.3, 0.4) is 0 Å². The molecule has 5 aromatic rings. The highest BCUT2D eigenvalue weighted by atomic mass is 16.7. The van der Waals surface area contributed by atoms with Gasteiger partial charge < -0.3 is 39.1 Å². The molecule has 4 aromatic carbocycles. The smallest absolute Gasteiger partial charge is 0.304 e. The summed E-state index contributed by atoms with van der Waals surface area (Å²) in [5, 5.41) is 15.5. The lowest BCUT2D eigenvalue weighted by Crippen LogP contribution is -2.16. The Bertz CT molecular complexity index is 1800. The van der Waals surface area contributed by atoms with Gasteiger partial charge in [-0.2, -0.15) is 4.98 Å². The van der Waals surface area contributed by atoms with Gasteiger partial charge in [0.2, 0.25) is 12.7 Å². The fourth-order valence-corrected chi connectivity index (χ4v) is 4.91. The van der Waals surface area contributed by atoms with Gasteiger partial charge in [0, 0.05) is 23.4 Å². The number of amides is 1. The van der Waals surface area contributed by atoms with Gasteiger partial charge in [-0.05, 0) is 59.7 Å². The third kappa shape index (κ3) is 6.67. The second-order valence-corrected chi connectivity index (χ2v) is 10.1. The minimum Gasteiger partial charge on any atom is -0.494 e. The number of oxazole rings is 1. The molecule has 1 aliphatic heterocycles. The maximum Gasteiger partial charge on any atom is 0.304 e. The molecule has 0 saturated carbocycles. The zero-order valence-corrected chi connectivity index (χ0v) is 23.7. The van der Waals surface area contributed by atoms with Crippen molar-refractivity contribution in [3.8, 4) is 23.0 Å². The van der Waals surface area contributed by atoms with E-state index >= 15 is 0 Å². The Morgan fingerprint density at radius 3 is 2.59 bits per heavy atom. The summed E-state index contributed by atoms with van der Waals surface area (Å²) >= 11 is 0. The number of aromatic nitrogens is 1. The molecule has 0 fully saturated rings. The number of ether oxygens (including phenoxy) is 4. The summed E-state index contributed by atoms with van der Waals surface area (Å²) in [5.41, 5.74) is 3.84. The number of fused-ring (bicyclic) bond motifs is 2. The van der Waals surface area contributed by atoms with Gasteiger partial charge in [-0.3, -0.25) is 9.59 Å². The van der Waals surface area contributed by atoms with Crippen LogP contribution in [0.25, 0.3) is 11.1 Å². The topological polar surface area (TPSA) is 141 Å². The first-order valence-corrected chi connectivity index (χ1v) is 13.9. The van der Waals surface area contributed by atoms with Crippen molar-refractivity contribution in [1.29, 1.82) is 0 Å². The average Bonchev–Trinajstić information content (AvgIpc) is 3.65. The molecule has 1 aromatic heterocycles. The third-order valence-corrected chi connectivity index (χ3v) is 6.99. The lowest BCUT2D eigenvalue weighted by Gasteiger charge is -2.17. The van der Waals surface area contributed by atoms with Crippen LogP contribution in [0.2, 0.25) is 0 Å². The molecular formula is C33H29N3O8. The van der Waals surface area contributed by atoms with E-state index in [-0.39, 0.29) is 32.1 Å². The van der Waals surface area contributed by atoms with Gasteiger partial charge in [-0.15, -0.1) is 0 Å². The number of hydrogen-bond acceptors (Lipinski definition) is 9. The van der Waals surface area contributed by atoms with Crippen LogP contribution in [0, 0.1) is 0 Å². The second kappa shape index (κ2) is 12.7. The van der Waals surface area contributed by atoms with E-state index in [9.17, 15) is 14.7 Å². The Labute approximate surface area is 252 Å². The molecule has 3 N–H and O–H groups in total. The molecule has 6 rings (SSSR count). The normalized spacial score (nSPS) is 12.5. The second-order valence-electron chi connectivity index (χ2n) is 10.1. The van der Waals surface area contributed by atoms with Crippen molar-refractivity contribution in [1.82, 2.24) is 4.98 Å². The predicted octanol–water partition coefficient (Wildman–Crippen LogP) is 6.13. The number of carboxylic acids is 1. The van der Waals surface area contributed by atoms with Gasteiger partial charge in [0.1, 0.15) is 11.5 Å². The lowest BCUT2D eigenvalue weighted by molar-refractivity contribution is -0.137. The summed E-state index contributed by atoms with van der Waals surface area (Å²) in [7, 11) is 1.54. The van der Waals surface area contributed by atoms with E-state index in [1.807, 2.05) is 36.4 Å². The summed E-state index contributed by atoms with van der Waals surface area (Å²) in [6.45, 7) is 0.244. The van der Waals surface area contributed by atoms with E-state index in [0.29, 0.717) is 51.4 Å². The average molecular weight is 596 g/mol. The van der Waals surface area contributed by atoms with Gasteiger partial charge in [0.25, 0.3) is 6.01 Å². The molecule has 0 aliphatic carbocycles. The molecule has 0 radical (unpaired) electrons. The maximum absolute atomic E-state index is 13.0. The van der Waals surface area contributed by atoms with Crippen LogP contribution in [-0.4, -0.2) is 42.5 Å². The number of carbonyl (C=O) groups is 2. The minimum atomic E-state index is -0.943. The van der Waals surface area contributed by atoms with E-state index in [1.165, 1.54) is 7.11 Å². The van der Waals surface area contributed by atoms with Gasteiger partial charge in [0.05, 0.1) is 26.6 Å². The van der Waals surface area contributed by atoms with Crippen molar-refractivity contribution in [2.75, 3.05) is 31.1 Å². The number of nitrogens with one attached hydrogen (secondary N) is 2. The van der Waals surface area contributed by atoms with Crippen molar-refractivity contribution in [2.24, 2.45) is 0 Å². The van der Waals surface area contributed by atoms with Gasteiger partial charge in [-0.1, -0.05) is 30.3 Å². The summed E-state index contributed by atoms with van der Waals surface area (Å²) in [5.74, 6) is 0.551. The molecule has 11 nitrogen and oxygen atoms in total. The number of methoxy groups -OCH3 is 1. The number of hydrogen-bond donors (Lipinski definition) is 3. The zero-order valence-electron chi connectivity index (χ0n) is 23.7. The number of carbonyl (C=O) groups excluding carboxylic acids is 1. The third-order valence-electron chi connectivity index (χ3n) is 6.99. The van der Waals surface area contributed by atoms with Crippen molar-refractivity contribution in [3.05, 3.63) is 96.1 Å². The fraction of sp³-hybridized carbons (Fsp3) is 0.182. The lowest BCUT2D eigenvalue weighted by atomic mass is 9.96. The first-order chi connectivity index (χ1) is 21.4. The summed E-state index contributed by atoms with van der Waals surface area (Å²) in [6, 6.07) is 25.7. The molecule has 44 heavy (non-hydrogen) atoms. The Balaban J connectivity index is 1.11. The fourth-order valence-electron chi connectivity index (χ4n) is 4.91. The molecule has 1 aliphatic rings. The Kier molecular flexibility index (Phi) is 8.17. The van der Waals surface area contributed by atoms with Gasteiger partial charge >= 0.3 is 5.97 Å². The van der Waals surface area contributed by atoms with Gasteiger partial charge in [0.15, 0.2) is 22.6 Å². The van der Waals surface area contributed by atoms with E-state index in [1.54, 1.807) is 48.5 Å². The van der Waals surface area contributed by atoms with E-state index < -0.39 is 11.9 Å². The molecule has 0 bridgehead atoms.